The Bertz CT molecular complexity index is 407. The Kier molecular flexibility index (Phi) is 5.93. The quantitative estimate of drug-likeness (QED) is 0.900. The summed E-state index contributed by atoms with van der Waals surface area (Å²) >= 11 is 11.8. The van der Waals surface area contributed by atoms with Crippen molar-refractivity contribution in [2.24, 2.45) is 0 Å². The lowest BCUT2D eigenvalue weighted by Crippen LogP contribution is -2.37. The lowest BCUT2D eigenvalue weighted by molar-refractivity contribution is 0.529. The summed E-state index contributed by atoms with van der Waals surface area (Å²) in [6.45, 7) is 4.05. The number of nitrogens with one attached hydrogen (secondary N) is 1. The van der Waals surface area contributed by atoms with Gasteiger partial charge in [-0.1, -0.05) is 30.1 Å². The van der Waals surface area contributed by atoms with Crippen LogP contribution in [0.25, 0.3) is 0 Å². The molecule has 1 aromatic carbocycles. The van der Waals surface area contributed by atoms with Gasteiger partial charge in [-0.05, 0) is 38.6 Å². The largest absolute Gasteiger partial charge is 0.316 e. The SMILES string of the molecule is CCC(NC)C(C)S(=O)c1ccc(Cl)c(Cl)c1. The fourth-order valence-corrected chi connectivity index (χ4v) is 3.59. The molecule has 3 unspecified atom stereocenters. The van der Waals surface area contributed by atoms with Crippen molar-refractivity contribution in [3.63, 3.8) is 0 Å². The van der Waals surface area contributed by atoms with Crippen molar-refractivity contribution in [1.29, 1.82) is 0 Å². The van der Waals surface area contributed by atoms with Crippen LogP contribution in [0.3, 0.4) is 0 Å². The maximum Gasteiger partial charge on any atom is 0.0604 e. The number of benzene rings is 1. The van der Waals surface area contributed by atoms with Crippen molar-refractivity contribution in [3.8, 4) is 0 Å². The molecule has 0 saturated carbocycles. The van der Waals surface area contributed by atoms with Crippen molar-refractivity contribution in [3.05, 3.63) is 28.2 Å². The lowest BCUT2D eigenvalue weighted by atomic mass is 10.2. The van der Waals surface area contributed by atoms with Gasteiger partial charge in [-0.2, -0.15) is 0 Å². The van der Waals surface area contributed by atoms with E-state index in [1.807, 2.05) is 14.0 Å². The van der Waals surface area contributed by atoms with Crippen molar-refractivity contribution in [2.45, 2.75) is 36.5 Å². The predicted molar refractivity (Wildman–Crippen MR) is 75.5 cm³/mol. The van der Waals surface area contributed by atoms with E-state index in [0.717, 1.165) is 11.3 Å². The molecule has 0 aromatic heterocycles. The molecule has 2 nitrogen and oxygen atoms in total. The van der Waals surface area contributed by atoms with Crippen molar-refractivity contribution in [1.82, 2.24) is 5.32 Å². The van der Waals surface area contributed by atoms with Gasteiger partial charge in [0.15, 0.2) is 0 Å². The van der Waals surface area contributed by atoms with Gasteiger partial charge >= 0.3 is 0 Å². The van der Waals surface area contributed by atoms with Gasteiger partial charge in [-0.25, -0.2) is 0 Å². The van der Waals surface area contributed by atoms with Crippen LogP contribution < -0.4 is 5.32 Å². The molecule has 0 fully saturated rings. The molecule has 17 heavy (non-hydrogen) atoms. The minimum atomic E-state index is -1.08. The van der Waals surface area contributed by atoms with E-state index in [1.54, 1.807) is 18.2 Å². The van der Waals surface area contributed by atoms with E-state index in [-0.39, 0.29) is 11.3 Å². The van der Waals surface area contributed by atoms with Crippen LogP contribution in [0.4, 0.5) is 0 Å². The Morgan fingerprint density at radius 3 is 2.47 bits per heavy atom. The molecule has 0 bridgehead atoms. The average molecular weight is 294 g/mol. The molecule has 0 heterocycles. The summed E-state index contributed by atoms with van der Waals surface area (Å²) in [4.78, 5) is 0.723. The monoisotopic (exact) mass is 293 g/mol. The number of rotatable bonds is 5. The van der Waals surface area contributed by atoms with E-state index in [1.165, 1.54) is 0 Å². The molecule has 1 rings (SSSR count). The molecule has 0 saturated heterocycles. The zero-order valence-corrected chi connectivity index (χ0v) is 12.5. The highest BCUT2D eigenvalue weighted by atomic mass is 35.5. The van der Waals surface area contributed by atoms with Gasteiger partial charge in [0.2, 0.25) is 0 Å². The molecule has 1 N–H and O–H groups in total. The fourth-order valence-electron chi connectivity index (χ4n) is 1.74. The first-order valence-corrected chi connectivity index (χ1v) is 7.51. The van der Waals surface area contributed by atoms with Gasteiger partial charge in [0.1, 0.15) is 0 Å². The van der Waals surface area contributed by atoms with E-state index in [0.29, 0.717) is 10.0 Å². The van der Waals surface area contributed by atoms with Gasteiger partial charge in [0.25, 0.3) is 0 Å². The number of halogens is 2. The lowest BCUT2D eigenvalue weighted by Gasteiger charge is -2.21. The first-order chi connectivity index (χ1) is 8.01. The first-order valence-electron chi connectivity index (χ1n) is 5.54. The molecule has 3 atom stereocenters. The van der Waals surface area contributed by atoms with Gasteiger partial charge in [-0.3, -0.25) is 4.21 Å². The van der Waals surface area contributed by atoms with Gasteiger partial charge in [-0.15, -0.1) is 0 Å². The second-order valence-corrected chi connectivity index (χ2v) is 6.51. The summed E-state index contributed by atoms with van der Waals surface area (Å²) in [5, 5.41) is 4.14. The molecule has 96 valence electrons. The van der Waals surface area contributed by atoms with Crippen molar-refractivity contribution < 1.29 is 4.21 Å². The molecule has 0 spiro atoms. The Hall–Kier alpha value is -0.0900. The van der Waals surface area contributed by atoms with Crippen molar-refractivity contribution in [2.75, 3.05) is 7.05 Å². The van der Waals surface area contributed by atoms with Crippen LogP contribution in [0.2, 0.25) is 10.0 Å². The van der Waals surface area contributed by atoms with Crippen LogP contribution in [0, 0.1) is 0 Å². The molecular formula is C12H17Cl2NOS. The summed E-state index contributed by atoms with van der Waals surface area (Å²) < 4.78 is 12.3. The van der Waals surface area contributed by atoms with Crippen LogP contribution >= 0.6 is 23.2 Å². The summed E-state index contributed by atoms with van der Waals surface area (Å²) in [7, 11) is 0.803. The van der Waals surface area contributed by atoms with Crippen LogP contribution in [0.15, 0.2) is 23.1 Å². The van der Waals surface area contributed by atoms with Crippen LogP contribution in [-0.4, -0.2) is 22.5 Å². The Morgan fingerprint density at radius 1 is 1.35 bits per heavy atom. The van der Waals surface area contributed by atoms with Gasteiger partial charge in [0.05, 0.1) is 26.1 Å². The average Bonchev–Trinajstić information content (AvgIpc) is 2.33. The maximum absolute atomic E-state index is 12.3. The zero-order chi connectivity index (χ0) is 13.0. The molecule has 1 aromatic rings. The summed E-state index contributed by atoms with van der Waals surface area (Å²) in [5.41, 5.74) is 0. The Balaban J connectivity index is 2.92. The maximum atomic E-state index is 12.3. The van der Waals surface area contributed by atoms with E-state index >= 15 is 0 Å². The first kappa shape index (κ1) is 15.0. The fraction of sp³-hybridized carbons (Fsp3) is 0.500. The van der Waals surface area contributed by atoms with E-state index in [2.05, 4.69) is 12.2 Å². The normalized spacial score (nSPS) is 16.5. The zero-order valence-electron chi connectivity index (χ0n) is 10.2. The van der Waals surface area contributed by atoms with E-state index in [4.69, 9.17) is 23.2 Å². The Labute approximate surface area is 115 Å². The third-order valence-electron chi connectivity index (χ3n) is 2.84. The van der Waals surface area contributed by atoms with Gasteiger partial charge in [0, 0.05) is 10.9 Å². The topological polar surface area (TPSA) is 29.1 Å². The van der Waals surface area contributed by atoms with Crippen molar-refractivity contribution >= 4 is 34.0 Å². The van der Waals surface area contributed by atoms with Crippen LogP contribution in [-0.2, 0) is 10.8 Å². The minimum absolute atomic E-state index is 0.0299. The number of hydrogen-bond acceptors (Lipinski definition) is 2. The highest BCUT2D eigenvalue weighted by molar-refractivity contribution is 7.85. The van der Waals surface area contributed by atoms with E-state index in [9.17, 15) is 4.21 Å². The van der Waals surface area contributed by atoms with E-state index < -0.39 is 10.8 Å². The molecule has 0 aliphatic rings. The molecule has 0 radical (unpaired) electrons. The summed E-state index contributed by atoms with van der Waals surface area (Å²) in [5.74, 6) is 0. The molecule has 0 aliphatic heterocycles. The Morgan fingerprint density at radius 2 is 2.00 bits per heavy atom. The van der Waals surface area contributed by atoms with Crippen LogP contribution in [0.5, 0.6) is 0 Å². The highest BCUT2D eigenvalue weighted by Crippen LogP contribution is 2.25. The minimum Gasteiger partial charge on any atom is -0.316 e. The number of hydrogen-bond donors (Lipinski definition) is 1. The smallest absolute Gasteiger partial charge is 0.0604 e. The molecular weight excluding hydrogens is 277 g/mol. The standard InChI is InChI=1S/C12H17Cl2NOS/c1-4-12(15-3)8(2)17(16)9-5-6-10(13)11(14)7-9/h5-8,12,15H,4H2,1-3H3. The molecule has 5 heteroatoms. The third kappa shape index (κ3) is 3.68. The van der Waals surface area contributed by atoms with Gasteiger partial charge < -0.3 is 5.32 Å². The summed E-state index contributed by atoms with van der Waals surface area (Å²) in [6, 6.07) is 5.36. The predicted octanol–water partition coefficient (Wildman–Crippen LogP) is 3.49. The second-order valence-electron chi connectivity index (χ2n) is 3.88. The highest BCUT2D eigenvalue weighted by Gasteiger charge is 2.21. The van der Waals surface area contributed by atoms with Crippen LogP contribution in [0.1, 0.15) is 20.3 Å². The third-order valence-corrected chi connectivity index (χ3v) is 5.30. The summed E-state index contributed by atoms with van der Waals surface area (Å²) in [6.07, 6.45) is 0.935. The molecule has 0 amide bonds. The second kappa shape index (κ2) is 6.74. The molecule has 0 aliphatic carbocycles.